The van der Waals surface area contributed by atoms with Crippen molar-refractivity contribution in [1.29, 1.82) is 0 Å². The number of amides is 1. The van der Waals surface area contributed by atoms with E-state index in [0.29, 0.717) is 28.4 Å². The van der Waals surface area contributed by atoms with Gasteiger partial charge >= 0.3 is 0 Å². The average molecular weight is 500 g/mol. The summed E-state index contributed by atoms with van der Waals surface area (Å²) in [6, 6.07) is 14.3. The molecule has 0 atom stereocenters. The molecule has 1 aromatic heterocycles. The number of thiocarbonyl (C=S) groups is 1. The average Bonchev–Trinajstić information content (AvgIpc) is 2.73. The van der Waals surface area contributed by atoms with Crippen molar-refractivity contribution in [2.45, 2.75) is 38.7 Å². The number of hydrogen-bond acceptors (Lipinski definition) is 7. The first-order valence-corrected chi connectivity index (χ1v) is 12.3. The largest absolute Gasteiger partial charge is 0.491 e. The van der Waals surface area contributed by atoms with E-state index >= 15 is 0 Å². The molecule has 1 heterocycles. The summed E-state index contributed by atoms with van der Waals surface area (Å²) < 4.78 is 33.2. The van der Waals surface area contributed by atoms with Crippen LogP contribution in [-0.2, 0) is 10.0 Å². The fourth-order valence-electron chi connectivity index (χ4n) is 2.96. The van der Waals surface area contributed by atoms with Gasteiger partial charge in [0.05, 0.1) is 11.0 Å². The lowest BCUT2D eigenvalue weighted by atomic mass is 10.2. The van der Waals surface area contributed by atoms with E-state index < -0.39 is 10.0 Å². The van der Waals surface area contributed by atoms with Crippen molar-refractivity contribution in [3.63, 3.8) is 0 Å². The first-order chi connectivity index (χ1) is 16.0. The summed E-state index contributed by atoms with van der Waals surface area (Å²) in [5, 5.41) is 5.52. The Balaban J connectivity index is 1.60. The van der Waals surface area contributed by atoms with Gasteiger partial charge < -0.3 is 10.1 Å². The predicted molar refractivity (Wildman–Crippen MR) is 135 cm³/mol. The molecule has 0 aliphatic carbocycles. The maximum absolute atomic E-state index is 12.6. The van der Waals surface area contributed by atoms with E-state index in [2.05, 4.69) is 25.3 Å². The van der Waals surface area contributed by atoms with E-state index in [4.69, 9.17) is 17.0 Å². The molecule has 3 aromatic rings. The maximum atomic E-state index is 12.6. The molecule has 0 unspecified atom stereocenters. The van der Waals surface area contributed by atoms with Gasteiger partial charge in [-0.05, 0) is 94.5 Å². The van der Waals surface area contributed by atoms with Crippen LogP contribution in [0, 0.1) is 13.8 Å². The number of nitrogens with zero attached hydrogens (tertiary/aromatic N) is 2. The van der Waals surface area contributed by atoms with Crippen molar-refractivity contribution >= 4 is 44.9 Å². The lowest BCUT2D eigenvalue weighted by Gasteiger charge is -2.12. The SMILES string of the molecule is Cc1cc(C)nc(NS(=O)(=O)c2ccc(NC(=S)NC(=O)c3ccc(OC(C)C)cc3)cc2)n1. The second kappa shape index (κ2) is 10.6. The number of hydrogen-bond donors (Lipinski definition) is 3. The summed E-state index contributed by atoms with van der Waals surface area (Å²) in [4.78, 5) is 20.6. The molecule has 3 N–H and O–H groups in total. The molecule has 178 valence electrons. The van der Waals surface area contributed by atoms with Gasteiger partial charge in [0.2, 0.25) is 5.95 Å². The third-order valence-electron chi connectivity index (χ3n) is 4.35. The zero-order chi connectivity index (χ0) is 24.9. The Bertz CT molecular complexity index is 1270. The first-order valence-electron chi connectivity index (χ1n) is 10.4. The molecule has 0 bridgehead atoms. The van der Waals surface area contributed by atoms with Crippen LogP contribution in [0.5, 0.6) is 5.75 Å². The van der Waals surface area contributed by atoms with Crippen molar-refractivity contribution in [3.8, 4) is 5.75 Å². The number of benzene rings is 2. The summed E-state index contributed by atoms with van der Waals surface area (Å²) in [6.07, 6.45) is 0.0358. The number of ether oxygens (including phenoxy) is 1. The second-order valence-corrected chi connectivity index (χ2v) is 9.79. The van der Waals surface area contributed by atoms with Crippen molar-refractivity contribution in [3.05, 3.63) is 71.5 Å². The van der Waals surface area contributed by atoms with E-state index in [1.807, 2.05) is 13.8 Å². The number of aryl methyl sites for hydroxylation is 2. The van der Waals surface area contributed by atoms with Gasteiger partial charge in [-0.3, -0.25) is 10.1 Å². The van der Waals surface area contributed by atoms with Crippen LogP contribution >= 0.6 is 12.2 Å². The molecule has 0 aliphatic rings. The number of anilines is 2. The van der Waals surface area contributed by atoms with Crippen molar-refractivity contribution in [1.82, 2.24) is 15.3 Å². The lowest BCUT2D eigenvalue weighted by molar-refractivity contribution is 0.0977. The summed E-state index contributed by atoms with van der Waals surface area (Å²) in [5.74, 6) is 0.290. The van der Waals surface area contributed by atoms with Gasteiger partial charge in [0, 0.05) is 22.6 Å². The van der Waals surface area contributed by atoms with Gasteiger partial charge in [-0.15, -0.1) is 0 Å². The number of carbonyl (C=O) groups excluding carboxylic acids is 1. The smallest absolute Gasteiger partial charge is 0.264 e. The molecule has 0 aliphatic heterocycles. The Kier molecular flexibility index (Phi) is 7.79. The van der Waals surface area contributed by atoms with E-state index in [-0.39, 0.29) is 28.0 Å². The highest BCUT2D eigenvalue weighted by atomic mass is 32.2. The first kappa shape index (κ1) is 25.1. The molecule has 9 nitrogen and oxygen atoms in total. The molecule has 0 saturated carbocycles. The Morgan fingerprint density at radius 1 is 0.971 bits per heavy atom. The van der Waals surface area contributed by atoms with E-state index in [0.717, 1.165) is 0 Å². The number of nitrogens with one attached hydrogen (secondary N) is 3. The quantitative estimate of drug-likeness (QED) is 0.420. The van der Waals surface area contributed by atoms with E-state index in [1.54, 1.807) is 44.2 Å². The van der Waals surface area contributed by atoms with Crippen LogP contribution in [0.4, 0.5) is 11.6 Å². The zero-order valence-electron chi connectivity index (χ0n) is 19.1. The molecule has 0 fully saturated rings. The Morgan fingerprint density at radius 3 is 2.12 bits per heavy atom. The molecule has 3 rings (SSSR count). The van der Waals surface area contributed by atoms with Gasteiger partial charge in [-0.1, -0.05) is 0 Å². The zero-order valence-corrected chi connectivity index (χ0v) is 20.8. The summed E-state index contributed by atoms with van der Waals surface area (Å²) in [7, 11) is -3.87. The lowest BCUT2D eigenvalue weighted by Crippen LogP contribution is -2.34. The minimum atomic E-state index is -3.87. The number of aromatic nitrogens is 2. The molecular formula is C23H25N5O4S2. The Hall–Kier alpha value is -3.57. The number of sulfonamides is 1. The van der Waals surface area contributed by atoms with E-state index in [9.17, 15) is 13.2 Å². The van der Waals surface area contributed by atoms with Crippen molar-refractivity contribution in [2.75, 3.05) is 10.0 Å². The third-order valence-corrected chi connectivity index (χ3v) is 5.89. The van der Waals surface area contributed by atoms with Crippen LogP contribution in [-0.4, -0.2) is 35.5 Å². The van der Waals surface area contributed by atoms with Crippen molar-refractivity contribution in [2.24, 2.45) is 0 Å². The number of carbonyl (C=O) groups is 1. The molecule has 34 heavy (non-hydrogen) atoms. The molecule has 2 aromatic carbocycles. The third kappa shape index (κ3) is 6.96. The van der Waals surface area contributed by atoms with Crippen LogP contribution in [0.15, 0.2) is 59.5 Å². The minimum absolute atomic E-state index is 0.00685. The topological polar surface area (TPSA) is 122 Å². The van der Waals surface area contributed by atoms with Gasteiger partial charge in [0.25, 0.3) is 15.9 Å². The van der Waals surface area contributed by atoms with Gasteiger partial charge in [0.15, 0.2) is 5.11 Å². The molecular weight excluding hydrogens is 474 g/mol. The van der Waals surface area contributed by atoms with Gasteiger partial charge in [0.1, 0.15) is 5.75 Å². The molecule has 11 heteroatoms. The summed E-state index contributed by atoms with van der Waals surface area (Å²) >= 11 is 5.20. The molecule has 0 spiro atoms. The Morgan fingerprint density at radius 2 is 1.56 bits per heavy atom. The molecule has 1 amide bonds. The normalized spacial score (nSPS) is 11.1. The summed E-state index contributed by atoms with van der Waals surface area (Å²) in [5.41, 5.74) is 2.23. The highest BCUT2D eigenvalue weighted by Gasteiger charge is 2.16. The fourth-order valence-corrected chi connectivity index (χ4v) is 4.12. The minimum Gasteiger partial charge on any atom is -0.491 e. The second-order valence-electron chi connectivity index (χ2n) is 7.70. The summed E-state index contributed by atoms with van der Waals surface area (Å²) in [6.45, 7) is 7.35. The van der Waals surface area contributed by atoms with Gasteiger partial charge in [-0.25, -0.2) is 23.1 Å². The van der Waals surface area contributed by atoms with Crippen LogP contribution in [0.25, 0.3) is 0 Å². The standard InChI is InChI=1S/C23H25N5O4S2/c1-14(2)32-19-9-5-17(6-10-19)21(29)27-23(33)26-18-7-11-20(12-8-18)34(30,31)28-22-24-15(3)13-16(4)25-22/h5-14H,1-4H3,(H,24,25,28)(H2,26,27,29,33). The monoisotopic (exact) mass is 499 g/mol. The predicted octanol–water partition coefficient (Wildman–Crippen LogP) is 3.81. The highest BCUT2D eigenvalue weighted by molar-refractivity contribution is 7.92. The highest BCUT2D eigenvalue weighted by Crippen LogP contribution is 2.17. The number of rotatable bonds is 7. The van der Waals surface area contributed by atoms with Crippen molar-refractivity contribution < 1.29 is 17.9 Å². The fraction of sp³-hybridized carbons (Fsp3) is 0.217. The van der Waals surface area contributed by atoms with Gasteiger partial charge in [-0.2, -0.15) is 0 Å². The molecule has 0 saturated heterocycles. The maximum Gasteiger partial charge on any atom is 0.264 e. The van der Waals surface area contributed by atoms with Crippen LogP contribution in [0.1, 0.15) is 35.6 Å². The van der Waals surface area contributed by atoms with E-state index in [1.165, 1.54) is 24.3 Å². The molecule has 0 radical (unpaired) electrons. The van der Waals surface area contributed by atoms with Crippen LogP contribution in [0.2, 0.25) is 0 Å². The van der Waals surface area contributed by atoms with Crippen LogP contribution < -0.4 is 20.1 Å². The van der Waals surface area contributed by atoms with Crippen LogP contribution in [0.3, 0.4) is 0 Å². The Labute approximate surface area is 204 Å².